The smallest absolute Gasteiger partial charge is 0.160 e. The topological polar surface area (TPSA) is 35.6 Å². The molecule has 0 aliphatic carbocycles. The molecule has 0 aliphatic rings. The van der Waals surface area contributed by atoms with Crippen LogP contribution in [0.5, 0.6) is 0 Å². The summed E-state index contributed by atoms with van der Waals surface area (Å²) in [5.41, 5.74) is 1.77. The van der Waals surface area contributed by atoms with Crippen LogP contribution in [0.15, 0.2) is 30.5 Å². The van der Waals surface area contributed by atoms with Crippen molar-refractivity contribution < 1.29 is 0 Å². The van der Waals surface area contributed by atoms with Crippen LogP contribution in [0, 0.1) is 0 Å². The molecule has 0 radical (unpaired) electrons. The average molecular weight is 295 g/mol. The summed E-state index contributed by atoms with van der Waals surface area (Å²) in [5, 5.41) is 4.86. The molecule has 3 rings (SSSR count). The van der Waals surface area contributed by atoms with Gasteiger partial charge in [-0.05, 0) is 25.1 Å². The maximum absolute atomic E-state index is 6.23. The van der Waals surface area contributed by atoms with Gasteiger partial charge < -0.3 is 0 Å². The van der Waals surface area contributed by atoms with Gasteiger partial charge in [0, 0.05) is 24.3 Å². The molecule has 2 heterocycles. The van der Waals surface area contributed by atoms with Crippen LogP contribution in [0.2, 0.25) is 5.02 Å². The summed E-state index contributed by atoms with van der Waals surface area (Å²) >= 11 is 12.3. The van der Waals surface area contributed by atoms with Crippen LogP contribution in [0.4, 0.5) is 0 Å². The van der Waals surface area contributed by atoms with Crippen LogP contribution in [-0.4, -0.2) is 19.3 Å². The highest BCUT2D eigenvalue weighted by atomic mass is 35.5. The van der Waals surface area contributed by atoms with Crippen molar-refractivity contribution in [2.45, 2.75) is 12.3 Å². The SMILES string of the molecule is CC(Cl)c1nc2ccc(Cl)cc2n1-c1ccn(C)n1. The van der Waals surface area contributed by atoms with E-state index in [1.54, 1.807) is 4.68 Å². The molecular weight excluding hydrogens is 283 g/mol. The number of benzene rings is 1. The van der Waals surface area contributed by atoms with Crippen molar-refractivity contribution in [1.29, 1.82) is 0 Å². The first-order valence-electron chi connectivity index (χ1n) is 5.88. The predicted molar refractivity (Wildman–Crippen MR) is 77.1 cm³/mol. The van der Waals surface area contributed by atoms with Gasteiger partial charge in [0.2, 0.25) is 0 Å². The van der Waals surface area contributed by atoms with Crippen molar-refractivity contribution in [3.8, 4) is 5.82 Å². The molecule has 0 spiro atoms. The maximum Gasteiger partial charge on any atom is 0.160 e. The minimum Gasteiger partial charge on any atom is -0.278 e. The van der Waals surface area contributed by atoms with E-state index in [1.165, 1.54) is 0 Å². The van der Waals surface area contributed by atoms with Crippen LogP contribution >= 0.6 is 23.2 Å². The van der Waals surface area contributed by atoms with Crippen molar-refractivity contribution in [3.05, 3.63) is 41.3 Å². The number of hydrogen-bond donors (Lipinski definition) is 0. The minimum absolute atomic E-state index is 0.215. The lowest BCUT2D eigenvalue weighted by Crippen LogP contribution is -2.03. The summed E-state index contributed by atoms with van der Waals surface area (Å²) < 4.78 is 3.69. The maximum atomic E-state index is 6.23. The minimum atomic E-state index is -0.215. The Hall–Kier alpha value is -1.52. The van der Waals surface area contributed by atoms with Crippen molar-refractivity contribution in [2.75, 3.05) is 0 Å². The van der Waals surface area contributed by atoms with Crippen LogP contribution in [0.3, 0.4) is 0 Å². The van der Waals surface area contributed by atoms with E-state index in [0.29, 0.717) is 5.02 Å². The van der Waals surface area contributed by atoms with Gasteiger partial charge in [0.1, 0.15) is 5.82 Å². The van der Waals surface area contributed by atoms with Gasteiger partial charge in [-0.3, -0.25) is 9.25 Å². The summed E-state index contributed by atoms with van der Waals surface area (Å²) in [7, 11) is 1.87. The molecule has 0 N–H and O–H groups in total. The lowest BCUT2D eigenvalue weighted by atomic mass is 10.3. The van der Waals surface area contributed by atoms with E-state index in [9.17, 15) is 0 Å². The molecule has 0 saturated carbocycles. The molecule has 6 heteroatoms. The van der Waals surface area contributed by atoms with Crippen LogP contribution in [0.1, 0.15) is 18.1 Å². The Bertz CT molecular complexity index is 742. The zero-order chi connectivity index (χ0) is 13.6. The number of hydrogen-bond acceptors (Lipinski definition) is 2. The standard InChI is InChI=1S/C13H12Cl2N4/c1-8(14)13-16-10-4-3-9(15)7-11(10)19(13)12-5-6-18(2)17-12/h3-8H,1-2H3. The molecule has 1 aromatic carbocycles. The first-order chi connectivity index (χ1) is 9.06. The molecule has 19 heavy (non-hydrogen) atoms. The third-order valence-electron chi connectivity index (χ3n) is 2.93. The van der Waals surface area contributed by atoms with Crippen molar-refractivity contribution in [3.63, 3.8) is 0 Å². The number of halogens is 2. The zero-order valence-corrected chi connectivity index (χ0v) is 12.0. The third kappa shape index (κ3) is 2.11. The van der Waals surface area contributed by atoms with E-state index in [1.807, 2.05) is 49.0 Å². The number of nitrogens with zero attached hydrogens (tertiary/aromatic N) is 4. The van der Waals surface area contributed by atoms with Crippen LogP contribution in [0.25, 0.3) is 16.9 Å². The summed E-state index contributed by atoms with van der Waals surface area (Å²) in [6.07, 6.45) is 1.88. The molecule has 0 amide bonds. The quantitative estimate of drug-likeness (QED) is 0.676. The fraction of sp³-hybridized carbons (Fsp3) is 0.231. The summed E-state index contributed by atoms with van der Waals surface area (Å²) in [5.74, 6) is 1.55. The van der Waals surface area contributed by atoms with Gasteiger partial charge in [-0.15, -0.1) is 11.6 Å². The van der Waals surface area contributed by atoms with Gasteiger partial charge in [-0.25, -0.2) is 4.98 Å². The van der Waals surface area contributed by atoms with E-state index in [2.05, 4.69) is 10.1 Å². The number of imidazole rings is 1. The Balaban J connectivity index is 2.35. The second-order valence-electron chi connectivity index (χ2n) is 4.40. The molecule has 4 nitrogen and oxygen atoms in total. The molecule has 0 aliphatic heterocycles. The van der Waals surface area contributed by atoms with E-state index in [0.717, 1.165) is 22.7 Å². The Labute approximate surface area is 120 Å². The largest absolute Gasteiger partial charge is 0.278 e. The monoisotopic (exact) mass is 294 g/mol. The number of aryl methyl sites for hydroxylation is 1. The van der Waals surface area contributed by atoms with E-state index < -0.39 is 0 Å². The van der Waals surface area contributed by atoms with Crippen molar-refractivity contribution in [1.82, 2.24) is 19.3 Å². The fourth-order valence-corrected chi connectivity index (χ4v) is 2.41. The molecule has 1 unspecified atom stereocenters. The highest BCUT2D eigenvalue weighted by Gasteiger charge is 2.17. The highest BCUT2D eigenvalue weighted by Crippen LogP contribution is 2.28. The fourth-order valence-electron chi connectivity index (χ4n) is 2.10. The molecular formula is C13H12Cl2N4. The van der Waals surface area contributed by atoms with Gasteiger partial charge in [-0.2, -0.15) is 5.10 Å². The molecule has 2 aromatic heterocycles. The molecule has 0 fully saturated rings. The lowest BCUT2D eigenvalue weighted by Gasteiger charge is -2.07. The first-order valence-corrected chi connectivity index (χ1v) is 6.69. The van der Waals surface area contributed by atoms with Gasteiger partial charge in [0.05, 0.1) is 16.4 Å². The molecule has 0 bridgehead atoms. The highest BCUT2D eigenvalue weighted by molar-refractivity contribution is 6.31. The molecule has 0 saturated heterocycles. The van der Waals surface area contributed by atoms with Crippen molar-refractivity contribution in [2.24, 2.45) is 7.05 Å². The molecule has 3 aromatic rings. The van der Waals surface area contributed by atoms with Gasteiger partial charge in [-0.1, -0.05) is 11.6 Å². The summed E-state index contributed by atoms with van der Waals surface area (Å²) in [4.78, 5) is 4.56. The van der Waals surface area contributed by atoms with E-state index in [-0.39, 0.29) is 5.38 Å². The number of alkyl halides is 1. The molecule has 1 atom stereocenters. The first kappa shape index (κ1) is 12.5. The Kier molecular flexibility index (Phi) is 2.99. The summed E-state index contributed by atoms with van der Waals surface area (Å²) in [6, 6.07) is 7.51. The summed E-state index contributed by atoms with van der Waals surface area (Å²) in [6.45, 7) is 1.89. The Morgan fingerprint density at radius 1 is 1.26 bits per heavy atom. The van der Waals surface area contributed by atoms with Crippen LogP contribution < -0.4 is 0 Å². The second kappa shape index (κ2) is 4.54. The number of fused-ring (bicyclic) bond motifs is 1. The third-order valence-corrected chi connectivity index (χ3v) is 3.36. The van der Waals surface area contributed by atoms with E-state index in [4.69, 9.17) is 23.2 Å². The van der Waals surface area contributed by atoms with Crippen LogP contribution in [-0.2, 0) is 7.05 Å². The van der Waals surface area contributed by atoms with E-state index >= 15 is 0 Å². The Morgan fingerprint density at radius 2 is 2.05 bits per heavy atom. The van der Waals surface area contributed by atoms with Crippen molar-refractivity contribution >= 4 is 34.2 Å². The van der Waals surface area contributed by atoms with Gasteiger partial charge >= 0.3 is 0 Å². The normalized spacial score (nSPS) is 13.1. The number of aromatic nitrogens is 4. The lowest BCUT2D eigenvalue weighted by molar-refractivity contribution is 0.744. The van der Waals surface area contributed by atoms with Gasteiger partial charge in [0.15, 0.2) is 5.82 Å². The Morgan fingerprint density at radius 3 is 2.68 bits per heavy atom. The van der Waals surface area contributed by atoms with Gasteiger partial charge in [0.25, 0.3) is 0 Å². The second-order valence-corrected chi connectivity index (χ2v) is 5.49. The zero-order valence-electron chi connectivity index (χ0n) is 10.5. The molecule has 98 valence electrons. The predicted octanol–water partition coefficient (Wildman–Crippen LogP) is 3.71. The average Bonchev–Trinajstić information content (AvgIpc) is 2.92. The number of rotatable bonds is 2.